The molecule has 2 amide bonds. The average Bonchev–Trinajstić information content (AvgIpc) is 2.94. The smallest absolute Gasteiger partial charge is 0.227 e. The van der Waals surface area contributed by atoms with Gasteiger partial charge in [-0.3, -0.25) is 9.59 Å². The second kappa shape index (κ2) is 9.77. The second-order valence-electron chi connectivity index (χ2n) is 7.88. The van der Waals surface area contributed by atoms with Crippen molar-refractivity contribution in [1.29, 1.82) is 0 Å². The van der Waals surface area contributed by atoms with Crippen LogP contribution >= 0.6 is 0 Å². The minimum absolute atomic E-state index is 0.0381. The van der Waals surface area contributed by atoms with E-state index in [1.165, 1.54) is 25.7 Å². The zero-order chi connectivity index (χ0) is 19.1. The predicted octanol–water partition coefficient (Wildman–Crippen LogP) is 4.21. The second-order valence-corrected chi connectivity index (χ2v) is 7.88. The number of rotatable bonds is 6. The summed E-state index contributed by atoms with van der Waals surface area (Å²) >= 11 is 0. The van der Waals surface area contributed by atoms with Crippen molar-refractivity contribution < 1.29 is 14.3 Å². The third-order valence-corrected chi connectivity index (χ3v) is 5.58. The lowest BCUT2D eigenvalue weighted by atomic mass is 9.95. The SMILES string of the molecule is CCCCC(=O)Nc1ccc2c(c1)C[C@@H](C(=O)NC1CCCCCC1)CO2. The van der Waals surface area contributed by atoms with E-state index in [4.69, 9.17) is 4.74 Å². The molecular formula is C22H32N2O3. The Balaban J connectivity index is 1.58. The molecule has 0 radical (unpaired) electrons. The third kappa shape index (κ3) is 5.72. The Morgan fingerprint density at radius 1 is 1.15 bits per heavy atom. The molecule has 1 atom stereocenters. The highest BCUT2D eigenvalue weighted by atomic mass is 16.5. The van der Waals surface area contributed by atoms with Gasteiger partial charge in [-0.2, -0.15) is 0 Å². The summed E-state index contributed by atoms with van der Waals surface area (Å²) in [5, 5.41) is 6.19. The van der Waals surface area contributed by atoms with Crippen molar-refractivity contribution in [2.75, 3.05) is 11.9 Å². The minimum Gasteiger partial charge on any atom is -0.492 e. The fourth-order valence-electron chi connectivity index (χ4n) is 3.94. The molecule has 0 aromatic heterocycles. The van der Waals surface area contributed by atoms with E-state index >= 15 is 0 Å². The number of amides is 2. The van der Waals surface area contributed by atoms with Gasteiger partial charge in [-0.15, -0.1) is 0 Å². The monoisotopic (exact) mass is 372 g/mol. The van der Waals surface area contributed by atoms with Crippen LogP contribution in [0.3, 0.4) is 0 Å². The predicted molar refractivity (Wildman–Crippen MR) is 107 cm³/mol. The van der Waals surface area contributed by atoms with Crippen LogP contribution in [0.2, 0.25) is 0 Å². The largest absolute Gasteiger partial charge is 0.492 e. The Morgan fingerprint density at radius 2 is 1.93 bits per heavy atom. The molecule has 1 heterocycles. The van der Waals surface area contributed by atoms with Crippen LogP contribution in [-0.2, 0) is 16.0 Å². The van der Waals surface area contributed by atoms with Gasteiger partial charge in [0.15, 0.2) is 0 Å². The summed E-state index contributed by atoms with van der Waals surface area (Å²) in [6.07, 6.45) is 10.2. The van der Waals surface area contributed by atoms with Gasteiger partial charge in [-0.1, -0.05) is 39.0 Å². The number of anilines is 1. The molecule has 5 nitrogen and oxygen atoms in total. The summed E-state index contributed by atoms with van der Waals surface area (Å²) in [6.45, 7) is 2.50. The molecule has 0 unspecified atom stereocenters. The van der Waals surface area contributed by atoms with Gasteiger partial charge in [-0.05, 0) is 49.4 Å². The van der Waals surface area contributed by atoms with Crippen molar-refractivity contribution >= 4 is 17.5 Å². The van der Waals surface area contributed by atoms with E-state index < -0.39 is 0 Å². The number of nitrogens with one attached hydrogen (secondary N) is 2. The molecule has 3 rings (SSSR count). The fourth-order valence-corrected chi connectivity index (χ4v) is 3.94. The Morgan fingerprint density at radius 3 is 2.67 bits per heavy atom. The first-order chi connectivity index (χ1) is 13.2. The van der Waals surface area contributed by atoms with Crippen molar-refractivity contribution in [2.45, 2.75) is 77.2 Å². The zero-order valence-corrected chi connectivity index (χ0v) is 16.4. The number of unbranched alkanes of at least 4 members (excludes halogenated alkanes) is 1. The maximum atomic E-state index is 12.7. The first-order valence-corrected chi connectivity index (χ1v) is 10.5. The molecule has 2 N–H and O–H groups in total. The van der Waals surface area contributed by atoms with Crippen LogP contribution < -0.4 is 15.4 Å². The third-order valence-electron chi connectivity index (χ3n) is 5.58. The number of fused-ring (bicyclic) bond motifs is 1. The van der Waals surface area contributed by atoms with Gasteiger partial charge in [0.25, 0.3) is 0 Å². The molecule has 27 heavy (non-hydrogen) atoms. The summed E-state index contributed by atoms with van der Waals surface area (Å²) in [7, 11) is 0. The van der Waals surface area contributed by atoms with E-state index in [1.807, 2.05) is 18.2 Å². The maximum Gasteiger partial charge on any atom is 0.227 e. The number of carbonyl (C=O) groups excluding carboxylic acids is 2. The molecule has 1 aliphatic heterocycles. The van der Waals surface area contributed by atoms with Gasteiger partial charge >= 0.3 is 0 Å². The molecule has 0 bridgehead atoms. The normalized spacial score (nSPS) is 20.1. The van der Waals surface area contributed by atoms with Crippen molar-refractivity contribution in [2.24, 2.45) is 5.92 Å². The fraction of sp³-hybridized carbons (Fsp3) is 0.636. The summed E-state index contributed by atoms with van der Waals surface area (Å²) in [5.74, 6) is 0.799. The van der Waals surface area contributed by atoms with Crippen LogP contribution in [0.15, 0.2) is 18.2 Å². The lowest BCUT2D eigenvalue weighted by Gasteiger charge is -2.27. The van der Waals surface area contributed by atoms with Crippen molar-refractivity contribution in [3.8, 4) is 5.75 Å². The summed E-state index contributed by atoms with van der Waals surface area (Å²) < 4.78 is 5.82. The quantitative estimate of drug-likeness (QED) is 0.735. The highest BCUT2D eigenvalue weighted by Crippen LogP contribution is 2.30. The average molecular weight is 373 g/mol. The van der Waals surface area contributed by atoms with E-state index in [-0.39, 0.29) is 17.7 Å². The van der Waals surface area contributed by atoms with E-state index in [0.717, 1.165) is 42.7 Å². The minimum atomic E-state index is -0.160. The number of ether oxygens (including phenoxy) is 1. The van der Waals surface area contributed by atoms with Gasteiger partial charge < -0.3 is 15.4 Å². The lowest BCUT2D eigenvalue weighted by Crippen LogP contribution is -2.42. The van der Waals surface area contributed by atoms with E-state index in [9.17, 15) is 9.59 Å². The van der Waals surface area contributed by atoms with Crippen LogP contribution in [0, 0.1) is 5.92 Å². The van der Waals surface area contributed by atoms with Crippen LogP contribution in [0.1, 0.15) is 70.3 Å². The van der Waals surface area contributed by atoms with Crippen LogP contribution in [-0.4, -0.2) is 24.5 Å². The van der Waals surface area contributed by atoms with Gasteiger partial charge in [0.2, 0.25) is 11.8 Å². The molecule has 148 valence electrons. The number of hydrogen-bond acceptors (Lipinski definition) is 3. The lowest BCUT2D eigenvalue weighted by molar-refractivity contribution is -0.127. The summed E-state index contributed by atoms with van der Waals surface area (Å²) in [6, 6.07) is 6.02. The summed E-state index contributed by atoms with van der Waals surface area (Å²) in [4.78, 5) is 24.7. The topological polar surface area (TPSA) is 67.4 Å². The number of hydrogen-bond donors (Lipinski definition) is 2. The number of carbonyl (C=O) groups is 2. The first-order valence-electron chi connectivity index (χ1n) is 10.5. The molecule has 1 aromatic rings. The molecule has 1 aliphatic carbocycles. The molecule has 0 spiro atoms. The Hall–Kier alpha value is -2.04. The van der Waals surface area contributed by atoms with E-state index in [0.29, 0.717) is 25.5 Å². The molecular weight excluding hydrogens is 340 g/mol. The van der Waals surface area contributed by atoms with Crippen molar-refractivity contribution in [3.05, 3.63) is 23.8 Å². The van der Waals surface area contributed by atoms with Crippen LogP contribution in [0.25, 0.3) is 0 Å². The van der Waals surface area contributed by atoms with Gasteiger partial charge in [0.05, 0.1) is 5.92 Å². The molecule has 1 aromatic carbocycles. The Bertz CT molecular complexity index is 651. The van der Waals surface area contributed by atoms with Crippen molar-refractivity contribution in [3.63, 3.8) is 0 Å². The van der Waals surface area contributed by atoms with Gasteiger partial charge in [0.1, 0.15) is 12.4 Å². The standard InChI is InChI=1S/C22H32N2O3/c1-2-3-10-21(25)23-19-11-12-20-16(14-19)13-17(15-27-20)22(26)24-18-8-6-4-5-7-9-18/h11-12,14,17-18H,2-10,13,15H2,1H3,(H,23,25)(H,24,26)/t17-/m1/s1. The molecule has 5 heteroatoms. The highest BCUT2D eigenvalue weighted by molar-refractivity contribution is 5.91. The summed E-state index contributed by atoms with van der Waals surface area (Å²) in [5.41, 5.74) is 1.78. The van der Waals surface area contributed by atoms with Gasteiger partial charge in [0, 0.05) is 18.2 Å². The molecule has 0 saturated heterocycles. The molecule has 1 saturated carbocycles. The Labute approximate surface area is 162 Å². The highest BCUT2D eigenvalue weighted by Gasteiger charge is 2.28. The Kier molecular flexibility index (Phi) is 7.13. The molecule has 1 fully saturated rings. The van der Waals surface area contributed by atoms with E-state index in [2.05, 4.69) is 17.6 Å². The number of benzene rings is 1. The van der Waals surface area contributed by atoms with E-state index in [1.54, 1.807) is 0 Å². The van der Waals surface area contributed by atoms with Crippen molar-refractivity contribution in [1.82, 2.24) is 5.32 Å². The van der Waals surface area contributed by atoms with Gasteiger partial charge in [-0.25, -0.2) is 0 Å². The zero-order valence-electron chi connectivity index (χ0n) is 16.4. The maximum absolute atomic E-state index is 12.7. The first kappa shape index (κ1) is 19.7. The molecule has 2 aliphatic rings. The van der Waals surface area contributed by atoms with Crippen LogP contribution in [0.5, 0.6) is 5.75 Å². The van der Waals surface area contributed by atoms with Crippen LogP contribution in [0.4, 0.5) is 5.69 Å².